The molecule has 2 aromatic carbocycles. The Morgan fingerprint density at radius 3 is 2.72 bits per heavy atom. The summed E-state index contributed by atoms with van der Waals surface area (Å²) in [4.78, 5) is 19.9. The number of benzene rings is 2. The molecule has 0 unspecified atom stereocenters. The van der Waals surface area contributed by atoms with Gasteiger partial charge in [0.15, 0.2) is 0 Å². The predicted octanol–water partition coefficient (Wildman–Crippen LogP) is 3.18. The van der Waals surface area contributed by atoms with Crippen LogP contribution in [0, 0.1) is 11.3 Å². The van der Waals surface area contributed by atoms with Crippen LogP contribution in [0.2, 0.25) is 0 Å². The van der Waals surface area contributed by atoms with Crippen LogP contribution in [0.1, 0.15) is 21.6 Å². The molecule has 0 fully saturated rings. The lowest BCUT2D eigenvalue weighted by molar-refractivity contribution is 0.102. The third-order valence-corrected chi connectivity index (χ3v) is 3.39. The predicted molar refractivity (Wildman–Crippen MR) is 91.9 cm³/mol. The van der Waals surface area contributed by atoms with Crippen LogP contribution in [0.15, 0.2) is 67.1 Å². The van der Waals surface area contributed by atoms with Crippen molar-refractivity contribution in [1.82, 2.24) is 9.97 Å². The Bertz CT molecular complexity index is 906. The average Bonchev–Trinajstić information content (AvgIpc) is 2.68. The van der Waals surface area contributed by atoms with E-state index in [1.165, 1.54) is 18.6 Å². The molecule has 0 bridgehead atoms. The Labute approximate surface area is 144 Å². The number of ether oxygens (including phenoxy) is 1. The SMILES string of the molecule is N#Cc1cc(NC(=O)c2cnccn2)ccc1OCc1ccccc1. The zero-order valence-electron chi connectivity index (χ0n) is 13.2. The van der Waals surface area contributed by atoms with E-state index in [2.05, 4.69) is 21.4 Å². The van der Waals surface area contributed by atoms with Gasteiger partial charge in [-0.25, -0.2) is 4.98 Å². The lowest BCUT2D eigenvalue weighted by atomic mass is 10.2. The average molecular weight is 330 g/mol. The van der Waals surface area contributed by atoms with Crippen molar-refractivity contribution >= 4 is 11.6 Å². The number of hydrogen-bond acceptors (Lipinski definition) is 5. The highest BCUT2D eigenvalue weighted by molar-refractivity contribution is 6.02. The second-order valence-electron chi connectivity index (χ2n) is 5.14. The van der Waals surface area contributed by atoms with E-state index in [1.54, 1.807) is 18.2 Å². The van der Waals surface area contributed by atoms with Crippen LogP contribution in [0.4, 0.5) is 5.69 Å². The van der Waals surface area contributed by atoms with E-state index in [9.17, 15) is 10.1 Å². The molecular formula is C19H14N4O2. The summed E-state index contributed by atoms with van der Waals surface area (Å²) in [5.41, 5.74) is 2.03. The maximum absolute atomic E-state index is 12.1. The number of hydrogen-bond donors (Lipinski definition) is 1. The Kier molecular flexibility index (Phi) is 4.98. The first-order chi connectivity index (χ1) is 12.3. The van der Waals surface area contributed by atoms with Crippen molar-refractivity contribution in [2.75, 3.05) is 5.32 Å². The molecule has 3 aromatic rings. The van der Waals surface area contributed by atoms with Crippen LogP contribution < -0.4 is 10.1 Å². The molecule has 0 spiro atoms. The fourth-order valence-electron chi connectivity index (χ4n) is 2.17. The first kappa shape index (κ1) is 16.1. The van der Waals surface area contributed by atoms with Gasteiger partial charge < -0.3 is 10.1 Å². The molecular weight excluding hydrogens is 316 g/mol. The number of nitriles is 1. The number of amides is 1. The molecule has 0 atom stereocenters. The number of nitrogens with zero attached hydrogens (tertiary/aromatic N) is 3. The first-order valence-corrected chi connectivity index (χ1v) is 7.54. The minimum atomic E-state index is -0.394. The number of rotatable bonds is 5. The highest BCUT2D eigenvalue weighted by Gasteiger charge is 2.10. The van der Waals surface area contributed by atoms with Crippen molar-refractivity contribution < 1.29 is 9.53 Å². The Morgan fingerprint density at radius 2 is 2.00 bits per heavy atom. The van der Waals surface area contributed by atoms with Gasteiger partial charge in [0.2, 0.25) is 0 Å². The van der Waals surface area contributed by atoms with Gasteiger partial charge >= 0.3 is 0 Å². The van der Waals surface area contributed by atoms with Gasteiger partial charge in [0.25, 0.3) is 5.91 Å². The highest BCUT2D eigenvalue weighted by atomic mass is 16.5. The first-order valence-electron chi connectivity index (χ1n) is 7.54. The van der Waals surface area contributed by atoms with E-state index < -0.39 is 5.91 Å². The van der Waals surface area contributed by atoms with E-state index in [0.29, 0.717) is 23.6 Å². The molecule has 1 aromatic heterocycles. The zero-order chi connectivity index (χ0) is 17.5. The fraction of sp³-hybridized carbons (Fsp3) is 0.0526. The minimum Gasteiger partial charge on any atom is -0.488 e. The summed E-state index contributed by atoms with van der Waals surface area (Å²) in [5.74, 6) is 0.0683. The number of carbonyl (C=O) groups excluding carboxylic acids is 1. The van der Waals surface area contributed by atoms with E-state index in [-0.39, 0.29) is 5.69 Å². The third-order valence-electron chi connectivity index (χ3n) is 3.39. The Morgan fingerprint density at radius 1 is 1.16 bits per heavy atom. The zero-order valence-corrected chi connectivity index (χ0v) is 13.2. The van der Waals surface area contributed by atoms with Crippen LogP contribution in [0.3, 0.4) is 0 Å². The fourth-order valence-corrected chi connectivity index (χ4v) is 2.17. The largest absolute Gasteiger partial charge is 0.488 e. The molecule has 0 aliphatic heterocycles. The summed E-state index contributed by atoms with van der Waals surface area (Å²) in [6.45, 7) is 0.362. The summed E-state index contributed by atoms with van der Waals surface area (Å²) < 4.78 is 5.70. The molecule has 1 N–H and O–H groups in total. The van der Waals surface area contributed by atoms with Crippen LogP contribution in [0.5, 0.6) is 5.75 Å². The number of carbonyl (C=O) groups is 1. The highest BCUT2D eigenvalue weighted by Crippen LogP contribution is 2.23. The minimum absolute atomic E-state index is 0.199. The molecule has 0 saturated carbocycles. The molecule has 122 valence electrons. The summed E-state index contributed by atoms with van der Waals surface area (Å²) in [6, 6.07) is 16.7. The molecule has 3 rings (SSSR count). The smallest absolute Gasteiger partial charge is 0.275 e. The van der Waals surface area contributed by atoms with Crippen molar-refractivity contribution in [1.29, 1.82) is 5.26 Å². The number of aromatic nitrogens is 2. The molecule has 0 radical (unpaired) electrons. The van der Waals surface area contributed by atoms with Crippen molar-refractivity contribution in [3.05, 3.63) is 83.9 Å². The van der Waals surface area contributed by atoms with Gasteiger partial charge in [0, 0.05) is 18.1 Å². The van der Waals surface area contributed by atoms with Crippen LogP contribution in [-0.2, 0) is 6.61 Å². The van der Waals surface area contributed by atoms with E-state index in [4.69, 9.17) is 4.74 Å². The molecule has 6 nitrogen and oxygen atoms in total. The molecule has 25 heavy (non-hydrogen) atoms. The summed E-state index contributed by atoms with van der Waals surface area (Å²) in [7, 11) is 0. The van der Waals surface area contributed by atoms with E-state index >= 15 is 0 Å². The number of anilines is 1. The summed E-state index contributed by atoms with van der Waals surface area (Å²) in [5, 5.41) is 12.0. The van der Waals surface area contributed by atoms with Crippen molar-refractivity contribution in [3.8, 4) is 11.8 Å². The van der Waals surface area contributed by atoms with Gasteiger partial charge in [-0.2, -0.15) is 5.26 Å². The topological polar surface area (TPSA) is 87.9 Å². The van der Waals surface area contributed by atoms with Gasteiger partial charge in [-0.3, -0.25) is 9.78 Å². The lowest BCUT2D eigenvalue weighted by Gasteiger charge is -2.10. The van der Waals surface area contributed by atoms with Crippen LogP contribution >= 0.6 is 0 Å². The Hall–Kier alpha value is -3.72. The maximum Gasteiger partial charge on any atom is 0.275 e. The van der Waals surface area contributed by atoms with Crippen molar-refractivity contribution in [2.24, 2.45) is 0 Å². The lowest BCUT2D eigenvalue weighted by Crippen LogP contribution is -2.13. The van der Waals surface area contributed by atoms with Gasteiger partial charge in [0.05, 0.1) is 11.8 Å². The Balaban J connectivity index is 1.71. The molecule has 0 aliphatic carbocycles. The third kappa shape index (κ3) is 4.18. The van der Waals surface area contributed by atoms with Crippen molar-refractivity contribution in [3.63, 3.8) is 0 Å². The standard InChI is InChI=1S/C19H14N4O2/c20-11-15-10-16(23-19(24)17-12-21-8-9-22-17)6-7-18(15)25-13-14-4-2-1-3-5-14/h1-10,12H,13H2,(H,23,24). The van der Waals surface area contributed by atoms with Crippen LogP contribution in [-0.4, -0.2) is 15.9 Å². The molecule has 1 amide bonds. The van der Waals surface area contributed by atoms with E-state index in [1.807, 2.05) is 30.3 Å². The van der Waals surface area contributed by atoms with Crippen molar-refractivity contribution in [2.45, 2.75) is 6.61 Å². The molecule has 0 saturated heterocycles. The normalized spacial score (nSPS) is 9.88. The molecule has 1 heterocycles. The number of nitrogens with one attached hydrogen (secondary N) is 1. The summed E-state index contributed by atoms with van der Waals surface area (Å²) >= 11 is 0. The molecule has 0 aliphatic rings. The second-order valence-corrected chi connectivity index (χ2v) is 5.14. The van der Waals surface area contributed by atoms with E-state index in [0.717, 1.165) is 5.56 Å². The van der Waals surface area contributed by atoms with Gasteiger partial charge in [-0.05, 0) is 23.8 Å². The molecule has 6 heteroatoms. The second kappa shape index (κ2) is 7.70. The quantitative estimate of drug-likeness (QED) is 0.776. The van der Waals surface area contributed by atoms with Gasteiger partial charge in [-0.1, -0.05) is 30.3 Å². The maximum atomic E-state index is 12.1. The van der Waals surface area contributed by atoms with Gasteiger partial charge in [0.1, 0.15) is 24.1 Å². The monoisotopic (exact) mass is 330 g/mol. The van der Waals surface area contributed by atoms with Gasteiger partial charge in [-0.15, -0.1) is 0 Å². The summed E-state index contributed by atoms with van der Waals surface area (Å²) in [6.07, 6.45) is 4.30. The van der Waals surface area contributed by atoms with Crippen LogP contribution in [0.25, 0.3) is 0 Å².